The van der Waals surface area contributed by atoms with Crippen LogP contribution in [-0.4, -0.2) is 55.2 Å². The SMILES string of the molecule is C[C@@H](NCC1(N2CCOCC2)CCCCC1)C(=O)Nc1ccc2c(c1)CCC2. The Kier molecular flexibility index (Phi) is 6.34. The topological polar surface area (TPSA) is 53.6 Å². The molecule has 2 aliphatic carbocycles. The van der Waals surface area contributed by atoms with E-state index in [2.05, 4.69) is 27.7 Å². The molecule has 1 saturated heterocycles. The first-order chi connectivity index (χ1) is 13.7. The highest BCUT2D eigenvalue weighted by Gasteiger charge is 2.38. The second kappa shape index (κ2) is 8.93. The highest BCUT2D eigenvalue weighted by molar-refractivity contribution is 5.94. The van der Waals surface area contributed by atoms with E-state index in [0.29, 0.717) is 0 Å². The van der Waals surface area contributed by atoms with Gasteiger partial charge in [-0.3, -0.25) is 9.69 Å². The minimum Gasteiger partial charge on any atom is -0.379 e. The third kappa shape index (κ3) is 4.42. The smallest absolute Gasteiger partial charge is 0.241 e. The summed E-state index contributed by atoms with van der Waals surface area (Å²) in [6, 6.07) is 6.17. The van der Waals surface area contributed by atoms with Gasteiger partial charge >= 0.3 is 0 Å². The molecule has 1 aliphatic heterocycles. The molecule has 0 bridgehead atoms. The molecule has 28 heavy (non-hydrogen) atoms. The third-order valence-electron chi connectivity index (χ3n) is 6.96. The molecule has 0 spiro atoms. The molecule has 3 aliphatic rings. The lowest BCUT2D eigenvalue weighted by atomic mass is 9.79. The van der Waals surface area contributed by atoms with E-state index in [4.69, 9.17) is 4.74 Å². The number of nitrogens with one attached hydrogen (secondary N) is 2. The Labute approximate surface area is 169 Å². The fourth-order valence-corrected chi connectivity index (χ4v) is 5.19. The summed E-state index contributed by atoms with van der Waals surface area (Å²) in [7, 11) is 0. The Morgan fingerprint density at radius 3 is 2.64 bits per heavy atom. The lowest BCUT2D eigenvalue weighted by Crippen LogP contribution is -2.60. The van der Waals surface area contributed by atoms with Crippen LogP contribution in [0.3, 0.4) is 0 Å². The summed E-state index contributed by atoms with van der Waals surface area (Å²) in [4.78, 5) is 15.4. The van der Waals surface area contributed by atoms with Crippen LogP contribution < -0.4 is 10.6 Å². The Morgan fingerprint density at radius 1 is 1.11 bits per heavy atom. The molecule has 5 nitrogen and oxygen atoms in total. The first kappa shape index (κ1) is 19.9. The summed E-state index contributed by atoms with van der Waals surface area (Å²) in [5.74, 6) is 0.0610. The lowest BCUT2D eigenvalue weighted by Gasteiger charge is -2.48. The van der Waals surface area contributed by atoms with Crippen molar-refractivity contribution in [1.82, 2.24) is 10.2 Å². The highest BCUT2D eigenvalue weighted by Crippen LogP contribution is 2.34. The number of aryl methyl sites for hydroxylation is 2. The normalized spacial score (nSPS) is 23.2. The van der Waals surface area contributed by atoms with E-state index >= 15 is 0 Å². The molecule has 0 radical (unpaired) electrons. The van der Waals surface area contributed by atoms with Crippen LogP contribution in [0.4, 0.5) is 5.69 Å². The summed E-state index contributed by atoms with van der Waals surface area (Å²) in [6.45, 7) is 6.55. The standard InChI is InChI=1S/C23H35N3O2/c1-18(22(27)25-21-9-8-19-6-5-7-20(19)16-21)24-17-23(10-3-2-4-11-23)26-12-14-28-15-13-26/h8-9,16,18,24H,2-7,10-15,17H2,1H3,(H,25,27)/t18-/m1/s1. The quantitative estimate of drug-likeness (QED) is 0.790. The molecular weight excluding hydrogens is 350 g/mol. The van der Waals surface area contributed by atoms with Crippen molar-refractivity contribution in [1.29, 1.82) is 0 Å². The summed E-state index contributed by atoms with van der Waals surface area (Å²) >= 11 is 0. The van der Waals surface area contributed by atoms with Gasteiger partial charge in [0.25, 0.3) is 0 Å². The molecule has 1 aromatic rings. The van der Waals surface area contributed by atoms with Crippen molar-refractivity contribution in [2.45, 2.75) is 69.9 Å². The van der Waals surface area contributed by atoms with Crippen molar-refractivity contribution < 1.29 is 9.53 Å². The monoisotopic (exact) mass is 385 g/mol. The van der Waals surface area contributed by atoms with Crippen LogP contribution in [0.5, 0.6) is 0 Å². The Morgan fingerprint density at radius 2 is 1.86 bits per heavy atom. The molecule has 1 aromatic carbocycles. The summed E-state index contributed by atoms with van der Waals surface area (Å²) < 4.78 is 5.57. The van der Waals surface area contributed by atoms with E-state index < -0.39 is 0 Å². The molecule has 2 fully saturated rings. The van der Waals surface area contributed by atoms with Crippen LogP contribution in [0.1, 0.15) is 56.6 Å². The van der Waals surface area contributed by atoms with Crippen LogP contribution >= 0.6 is 0 Å². The minimum atomic E-state index is -0.201. The second-order valence-electron chi connectivity index (χ2n) is 8.81. The van der Waals surface area contributed by atoms with Crippen molar-refractivity contribution >= 4 is 11.6 Å². The van der Waals surface area contributed by atoms with Gasteiger partial charge in [-0.05, 0) is 62.3 Å². The Balaban J connectivity index is 1.35. The zero-order valence-corrected chi connectivity index (χ0v) is 17.3. The summed E-state index contributed by atoms with van der Waals surface area (Å²) in [5, 5.41) is 6.68. The number of benzene rings is 1. The average molecular weight is 386 g/mol. The fourth-order valence-electron chi connectivity index (χ4n) is 5.19. The van der Waals surface area contributed by atoms with Crippen LogP contribution in [0.2, 0.25) is 0 Å². The molecule has 154 valence electrons. The first-order valence-corrected chi connectivity index (χ1v) is 11.2. The largest absolute Gasteiger partial charge is 0.379 e. The first-order valence-electron chi connectivity index (χ1n) is 11.2. The third-order valence-corrected chi connectivity index (χ3v) is 6.96. The van der Waals surface area contributed by atoms with Gasteiger partial charge in [0.2, 0.25) is 5.91 Å². The molecule has 1 heterocycles. The molecule has 0 aromatic heterocycles. The minimum absolute atomic E-state index is 0.0610. The van der Waals surface area contributed by atoms with Gasteiger partial charge in [-0.1, -0.05) is 25.3 Å². The number of carbonyl (C=O) groups excluding carboxylic acids is 1. The second-order valence-corrected chi connectivity index (χ2v) is 8.81. The molecule has 0 unspecified atom stereocenters. The van der Waals surface area contributed by atoms with Crippen LogP contribution in [0.25, 0.3) is 0 Å². The Hall–Kier alpha value is -1.43. The zero-order valence-electron chi connectivity index (χ0n) is 17.3. The Bertz CT molecular complexity index is 678. The molecule has 2 N–H and O–H groups in total. The lowest BCUT2D eigenvalue weighted by molar-refractivity contribution is -0.118. The number of morpholine rings is 1. The summed E-state index contributed by atoms with van der Waals surface area (Å²) in [5.41, 5.74) is 3.95. The van der Waals surface area contributed by atoms with Gasteiger partial charge in [-0.15, -0.1) is 0 Å². The maximum absolute atomic E-state index is 12.8. The average Bonchev–Trinajstić information content (AvgIpc) is 3.21. The number of fused-ring (bicyclic) bond motifs is 1. The fraction of sp³-hybridized carbons (Fsp3) is 0.696. The number of amides is 1. The maximum Gasteiger partial charge on any atom is 0.241 e. The molecule has 5 heteroatoms. The van der Waals surface area contributed by atoms with E-state index in [1.54, 1.807) is 0 Å². The molecule has 1 atom stereocenters. The molecule has 1 amide bonds. The van der Waals surface area contributed by atoms with E-state index in [1.165, 1.54) is 56.1 Å². The van der Waals surface area contributed by atoms with Gasteiger partial charge in [0.05, 0.1) is 19.3 Å². The number of carbonyl (C=O) groups is 1. The van der Waals surface area contributed by atoms with Gasteiger partial charge < -0.3 is 15.4 Å². The van der Waals surface area contributed by atoms with Gasteiger partial charge in [0.1, 0.15) is 0 Å². The van der Waals surface area contributed by atoms with Gasteiger partial charge in [-0.25, -0.2) is 0 Å². The molecule has 1 saturated carbocycles. The van der Waals surface area contributed by atoms with Crippen LogP contribution in [0, 0.1) is 0 Å². The van der Waals surface area contributed by atoms with Crippen LogP contribution in [-0.2, 0) is 22.4 Å². The predicted molar refractivity (Wildman–Crippen MR) is 113 cm³/mol. The van der Waals surface area contributed by atoms with E-state index in [-0.39, 0.29) is 17.5 Å². The van der Waals surface area contributed by atoms with Gasteiger partial charge in [0.15, 0.2) is 0 Å². The van der Waals surface area contributed by atoms with Gasteiger partial charge in [0, 0.05) is 30.9 Å². The van der Waals surface area contributed by atoms with Crippen LogP contribution in [0.15, 0.2) is 18.2 Å². The van der Waals surface area contributed by atoms with E-state index in [0.717, 1.165) is 45.0 Å². The van der Waals surface area contributed by atoms with E-state index in [9.17, 15) is 4.79 Å². The van der Waals surface area contributed by atoms with Crippen molar-refractivity contribution in [3.63, 3.8) is 0 Å². The number of anilines is 1. The maximum atomic E-state index is 12.8. The molecular formula is C23H35N3O2. The predicted octanol–water partition coefficient (Wildman–Crippen LogP) is 3.13. The number of rotatable bonds is 6. The zero-order chi connectivity index (χ0) is 19.4. The number of nitrogens with zero attached hydrogens (tertiary/aromatic N) is 1. The van der Waals surface area contributed by atoms with E-state index in [1.807, 2.05) is 13.0 Å². The van der Waals surface area contributed by atoms with Gasteiger partial charge in [-0.2, -0.15) is 0 Å². The van der Waals surface area contributed by atoms with Crippen molar-refractivity contribution in [3.05, 3.63) is 29.3 Å². The van der Waals surface area contributed by atoms with Crippen molar-refractivity contribution in [3.8, 4) is 0 Å². The summed E-state index contributed by atoms with van der Waals surface area (Å²) in [6.07, 6.45) is 9.89. The number of hydrogen-bond acceptors (Lipinski definition) is 4. The van der Waals surface area contributed by atoms with Crippen molar-refractivity contribution in [2.75, 3.05) is 38.2 Å². The highest BCUT2D eigenvalue weighted by atomic mass is 16.5. The number of ether oxygens (including phenoxy) is 1. The number of hydrogen-bond donors (Lipinski definition) is 2. The van der Waals surface area contributed by atoms with Crippen molar-refractivity contribution in [2.24, 2.45) is 0 Å². The molecule has 4 rings (SSSR count).